The van der Waals surface area contributed by atoms with Gasteiger partial charge >= 0.3 is 0 Å². The van der Waals surface area contributed by atoms with Gasteiger partial charge in [0.2, 0.25) is 11.9 Å². The molecule has 0 radical (unpaired) electrons. The number of rotatable bonds is 8. The van der Waals surface area contributed by atoms with E-state index >= 15 is 0 Å². The summed E-state index contributed by atoms with van der Waals surface area (Å²) >= 11 is 7.93. The van der Waals surface area contributed by atoms with Crippen molar-refractivity contribution in [2.75, 3.05) is 35.7 Å². The van der Waals surface area contributed by atoms with Crippen LogP contribution in [-0.4, -0.2) is 70.2 Å². The first-order valence-corrected chi connectivity index (χ1v) is 19.9. The first-order valence-electron chi connectivity index (χ1n) is 11.4. The van der Waals surface area contributed by atoms with Crippen LogP contribution in [0, 0.1) is 0 Å². The van der Waals surface area contributed by atoms with Gasteiger partial charge in [-0.2, -0.15) is 4.98 Å². The monoisotopic (exact) mass is 778 g/mol. The lowest BCUT2D eigenvalue weighted by Crippen LogP contribution is -2.06. The summed E-state index contributed by atoms with van der Waals surface area (Å²) in [6.07, 6.45) is 8.20. The minimum Gasteiger partial charge on any atom is -0.324 e. The zero-order chi connectivity index (χ0) is 31.3. The van der Waals surface area contributed by atoms with Crippen molar-refractivity contribution in [3.63, 3.8) is 0 Å². The Kier molecular flexibility index (Phi) is 11.1. The molecule has 42 heavy (non-hydrogen) atoms. The Bertz CT molecular complexity index is 1940. The molecule has 0 saturated carbocycles. The number of nitrogens with one attached hydrogen (secondary N) is 2. The average Bonchev–Trinajstić information content (AvgIpc) is 2.90. The lowest BCUT2D eigenvalue weighted by molar-refractivity contribution is 0.596. The van der Waals surface area contributed by atoms with Crippen LogP contribution < -0.4 is 10.6 Å². The van der Waals surface area contributed by atoms with Gasteiger partial charge in [-0.25, -0.2) is 40.2 Å². The van der Waals surface area contributed by atoms with Crippen LogP contribution in [0.15, 0.2) is 89.7 Å². The predicted molar refractivity (Wildman–Crippen MR) is 170 cm³/mol. The fourth-order valence-corrected chi connectivity index (χ4v) is 7.26. The zero-order valence-electron chi connectivity index (χ0n) is 22.4. The SMILES string of the molecule is CS(=O)(=O)c1cccc(Nc2ncc(Br)c(S(C)(=O)=O)n2)c1.CSc1nc(Nc2cccc(S(C)(=O)=O)c2)ncc1Br. The number of aromatic nitrogens is 4. The highest BCUT2D eigenvalue weighted by Gasteiger charge is 2.16. The topological polar surface area (TPSA) is 178 Å². The molecular weight excluding hydrogens is 756 g/mol. The van der Waals surface area contributed by atoms with E-state index in [1.165, 1.54) is 36.3 Å². The van der Waals surface area contributed by atoms with Gasteiger partial charge in [-0.15, -0.1) is 11.8 Å². The van der Waals surface area contributed by atoms with E-state index in [0.717, 1.165) is 22.0 Å². The van der Waals surface area contributed by atoms with Crippen LogP contribution in [0.4, 0.5) is 23.3 Å². The largest absolute Gasteiger partial charge is 0.324 e. The Morgan fingerprint density at radius 1 is 0.667 bits per heavy atom. The number of halogens is 2. The summed E-state index contributed by atoms with van der Waals surface area (Å²) in [4.78, 5) is 16.7. The van der Waals surface area contributed by atoms with E-state index in [2.05, 4.69) is 62.4 Å². The Labute approximate surface area is 265 Å². The van der Waals surface area contributed by atoms with Crippen LogP contribution in [0.25, 0.3) is 0 Å². The van der Waals surface area contributed by atoms with Crippen molar-refractivity contribution >= 4 is 96.4 Å². The van der Waals surface area contributed by atoms with Crippen LogP contribution in [-0.2, 0) is 29.5 Å². The number of thioether (sulfide) groups is 1. The number of benzene rings is 2. The van der Waals surface area contributed by atoms with E-state index in [1.807, 2.05) is 6.26 Å². The molecule has 18 heteroatoms. The molecule has 0 aliphatic heterocycles. The second-order valence-corrected chi connectivity index (χ2v) is 17.0. The van der Waals surface area contributed by atoms with Crippen molar-refractivity contribution in [3.05, 3.63) is 69.9 Å². The van der Waals surface area contributed by atoms with E-state index in [0.29, 0.717) is 17.3 Å². The van der Waals surface area contributed by atoms with Crippen LogP contribution in [0.1, 0.15) is 0 Å². The Morgan fingerprint density at radius 3 is 1.55 bits per heavy atom. The van der Waals surface area contributed by atoms with Crippen molar-refractivity contribution in [1.29, 1.82) is 0 Å². The minimum atomic E-state index is -3.51. The van der Waals surface area contributed by atoms with E-state index in [4.69, 9.17) is 0 Å². The molecule has 0 saturated heterocycles. The van der Waals surface area contributed by atoms with E-state index < -0.39 is 29.5 Å². The zero-order valence-corrected chi connectivity index (χ0v) is 28.8. The summed E-state index contributed by atoms with van der Waals surface area (Å²) in [5.74, 6) is 0.470. The maximum atomic E-state index is 11.6. The number of nitrogens with zero attached hydrogens (tertiary/aromatic N) is 4. The van der Waals surface area contributed by atoms with Crippen LogP contribution in [0.5, 0.6) is 0 Å². The molecule has 224 valence electrons. The number of sulfone groups is 3. The second kappa shape index (κ2) is 13.8. The molecule has 2 heterocycles. The molecule has 2 N–H and O–H groups in total. The van der Waals surface area contributed by atoms with Crippen molar-refractivity contribution in [1.82, 2.24) is 19.9 Å². The molecule has 0 aliphatic carbocycles. The molecule has 2 aromatic heterocycles. The first kappa shape index (κ1) is 33.9. The van der Waals surface area contributed by atoms with Crippen LogP contribution >= 0.6 is 43.6 Å². The van der Waals surface area contributed by atoms with Crippen molar-refractivity contribution < 1.29 is 25.3 Å². The summed E-state index contributed by atoms with van der Waals surface area (Å²) in [5, 5.41) is 6.44. The predicted octanol–water partition coefficient (Wildman–Crippen LogP) is 4.90. The third-order valence-corrected chi connectivity index (χ3v) is 10.6. The second-order valence-electron chi connectivity index (χ2n) is 8.52. The Morgan fingerprint density at radius 2 is 1.12 bits per heavy atom. The fourth-order valence-electron chi connectivity index (χ4n) is 3.09. The summed E-state index contributed by atoms with van der Waals surface area (Å²) in [5.41, 5.74) is 1.06. The lowest BCUT2D eigenvalue weighted by Gasteiger charge is -2.08. The van der Waals surface area contributed by atoms with Gasteiger partial charge in [-0.05, 0) is 74.5 Å². The van der Waals surface area contributed by atoms with Gasteiger partial charge in [-0.3, -0.25) is 0 Å². The summed E-state index contributed by atoms with van der Waals surface area (Å²) < 4.78 is 70.4. The molecule has 0 atom stereocenters. The Hall–Kier alpha value is -2.64. The van der Waals surface area contributed by atoms with Gasteiger partial charge in [0.25, 0.3) is 0 Å². The smallest absolute Gasteiger partial charge is 0.228 e. The van der Waals surface area contributed by atoms with Gasteiger partial charge in [0.15, 0.2) is 34.5 Å². The number of hydrogen-bond donors (Lipinski definition) is 2. The molecule has 0 unspecified atom stereocenters. The quantitative estimate of drug-likeness (QED) is 0.183. The highest BCUT2D eigenvalue weighted by Crippen LogP contribution is 2.26. The van der Waals surface area contributed by atoms with Crippen molar-refractivity contribution in [3.8, 4) is 0 Å². The highest BCUT2D eigenvalue weighted by molar-refractivity contribution is 9.10. The molecule has 0 aliphatic rings. The van der Waals surface area contributed by atoms with E-state index in [9.17, 15) is 25.3 Å². The standard InChI is InChI=1S/C12H12BrN3O4S2.C12H12BrN3O2S2/c1-21(17,18)9-5-3-4-8(6-9)15-12-14-7-10(13)11(16-12)22(2,19)20;1-19-11-10(13)7-14-12(16-11)15-8-4-3-5-9(6-8)20(2,17)18/h3-7H,1-2H3,(H,14,15,16);3-7H,1-2H3,(H,14,15,16). The number of anilines is 4. The van der Waals surface area contributed by atoms with Crippen molar-refractivity contribution in [2.45, 2.75) is 19.8 Å². The molecule has 0 fully saturated rings. The highest BCUT2D eigenvalue weighted by atomic mass is 79.9. The van der Waals surface area contributed by atoms with Gasteiger partial charge in [0.1, 0.15) is 5.03 Å². The lowest BCUT2D eigenvalue weighted by atomic mass is 10.3. The van der Waals surface area contributed by atoms with Gasteiger partial charge in [0.05, 0.1) is 18.7 Å². The minimum absolute atomic E-state index is 0.0503. The van der Waals surface area contributed by atoms with Crippen LogP contribution in [0.2, 0.25) is 0 Å². The normalized spacial score (nSPS) is 11.8. The van der Waals surface area contributed by atoms with Gasteiger partial charge in [-0.1, -0.05) is 12.1 Å². The third kappa shape index (κ3) is 9.70. The molecule has 0 spiro atoms. The molecule has 2 aromatic carbocycles. The summed E-state index contributed by atoms with van der Waals surface area (Å²) in [6.45, 7) is 0. The van der Waals surface area contributed by atoms with Gasteiger partial charge in [0, 0.05) is 42.5 Å². The summed E-state index contributed by atoms with van der Waals surface area (Å²) in [7, 11) is -10.1. The van der Waals surface area contributed by atoms with E-state index in [1.54, 1.807) is 42.6 Å². The molecule has 12 nitrogen and oxygen atoms in total. The maximum absolute atomic E-state index is 11.6. The molecular formula is C24H24Br2N6O6S4. The first-order chi connectivity index (χ1) is 19.5. The van der Waals surface area contributed by atoms with Crippen molar-refractivity contribution in [2.24, 2.45) is 0 Å². The van der Waals surface area contributed by atoms with E-state index in [-0.39, 0.29) is 25.2 Å². The molecule has 0 amide bonds. The molecule has 4 rings (SSSR count). The molecule has 4 aromatic rings. The third-order valence-electron chi connectivity index (χ3n) is 5.01. The summed E-state index contributed by atoms with van der Waals surface area (Å²) in [6, 6.07) is 12.6. The van der Waals surface area contributed by atoms with Crippen LogP contribution in [0.3, 0.4) is 0 Å². The average molecular weight is 781 g/mol. The molecule has 0 bridgehead atoms. The Balaban J connectivity index is 0.000000231. The maximum Gasteiger partial charge on any atom is 0.228 e. The van der Waals surface area contributed by atoms with Gasteiger partial charge < -0.3 is 10.6 Å². The fraction of sp³-hybridized carbons (Fsp3) is 0.167. The number of hydrogen-bond acceptors (Lipinski definition) is 13.